The molecule has 1 aromatic heterocycles. The van der Waals surface area contributed by atoms with Crippen LogP contribution in [0.4, 0.5) is 10.9 Å². The van der Waals surface area contributed by atoms with Crippen molar-refractivity contribution in [2.75, 3.05) is 11.5 Å². The van der Waals surface area contributed by atoms with Crippen molar-refractivity contribution in [2.24, 2.45) is 0 Å². The second kappa shape index (κ2) is 3.79. The summed E-state index contributed by atoms with van der Waals surface area (Å²) in [4.78, 5) is 5.05. The lowest BCUT2D eigenvalue weighted by Crippen LogP contribution is -1.93. The van der Waals surface area contributed by atoms with Gasteiger partial charge in [0.1, 0.15) is 5.82 Å². The maximum atomic E-state index is 5.87. The van der Waals surface area contributed by atoms with Gasteiger partial charge in [0.2, 0.25) is 0 Å². The Labute approximate surface area is 99.1 Å². The molecule has 0 bridgehead atoms. The number of rotatable bonds is 1. The number of hydrogen-bond acceptors (Lipinski definition) is 4. The van der Waals surface area contributed by atoms with E-state index in [1.54, 1.807) is 0 Å². The minimum absolute atomic E-state index is 0.520. The number of nitrogens with two attached hydrogens (primary N) is 2. The zero-order valence-corrected chi connectivity index (χ0v) is 10.5. The van der Waals surface area contributed by atoms with E-state index in [9.17, 15) is 0 Å². The Balaban J connectivity index is 2.69. The van der Waals surface area contributed by atoms with Crippen molar-refractivity contribution in [3.8, 4) is 10.4 Å². The summed E-state index contributed by atoms with van der Waals surface area (Å²) < 4.78 is 0. The standard InChI is InChI=1S/C12H15N3S/c1-6-4-7(2)9(8(3)5-6)10-11(13)15-12(14)16-10/h4-5H,13H2,1-3H3,(H2,14,15). The highest BCUT2D eigenvalue weighted by Gasteiger charge is 2.13. The molecule has 0 unspecified atom stereocenters. The predicted octanol–water partition coefficient (Wildman–Crippen LogP) is 2.90. The van der Waals surface area contributed by atoms with Gasteiger partial charge in [-0.3, -0.25) is 0 Å². The lowest BCUT2D eigenvalue weighted by molar-refractivity contribution is 1.32. The van der Waals surface area contributed by atoms with Crippen LogP contribution in [0.1, 0.15) is 16.7 Å². The van der Waals surface area contributed by atoms with Gasteiger partial charge in [0.15, 0.2) is 5.13 Å². The second-order valence-electron chi connectivity index (χ2n) is 4.04. The lowest BCUT2D eigenvalue weighted by Gasteiger charge is -2.09. The fourth-order valence-electron chi connectivity index (χ4n) is 2.07. The van der Waals surface area contributed by atoms with E-state index >= 15 is 0 Å². The molecule has 84 valence electrons. The van der Waals surface area contributed by atoms with E-state index in [0.29, 0.717) is 10.9 Å². The smallest absolute Gasteiger partial charge is 0.182 e. The molecule has 4 heteroatoms. The average molecular weight is 233 g/mol. The highest BCUT2D eigenvalue weighted by atomic mass is 32.1. The predicted molar refractivity (Wildman–Crippen MR) is 70.6 cm³/mol. The molecule has 1 heterocycles. The summed E-state index contributed by atoms with van der Waals surface area (Å²) in [5, 5.41) is 0.520. The number of aryl methyl sites for hydroxylation is 3. The van der Waals surface area contributed by atoms with Gasteiger partial charge in [-0.15, -0.1) is 0 Å². The van der Waals surface area contributed by atoms with Crippen molar-refractivity contribution in [3.63, 3.8) is 0 Å². The number of nitrogens with zero attached hydrogens (tertiary/aromatic N) is 1. The van der Waals surface area contributed by atoms with Crippen molar-refractivity contribution in [3.05, 3.63) is 28.8 Å². The summed E-state index contributed by atoms with van der Waals surface area (Å²) >= 11 is 1.44. The molecule has 0 atom stereocenters. The number of nitrogen functional groups attached to an aromatic ring is 2. The zero-order valence-electron chi connectivity index (χ0n) is 9.66. The van der Waals surface area contributed by atoms with Gasteiger partial charge in [-0.1, -0.05) is 29.0 Å². The van der Waals surface area contributed by atoms with Crippen LogP contribution in [0.5, 0.6) is 0 Å². The molecule has 4 N–H and O–H groups in total. The van der Waals surface area contributed by atoms with Crippen LogP contribution >= 0.6 is 11.3 Å². The number of benzene rings is 1. The topological polar surface area (TPSA) is 64.9 Å². The van der Waals surface area contributed by atoms with E-state index in [1.165, 1.54) is 28.0 Å². The van der Waals surface area contributed by atoms with E-state index < -0.39 is 0 Å². The first kappa shape index (κ1) is 11.0. The molecule has 2 rings (SSSR count). The van der Waals surface area contributed by atoms with E-state index in [-0.39, 0.29) is 0 Å². The van der Waals surface area contributed by atoms with Crippen LogP contribution in [0.2, 0.25) is 0 Å². The van der Waals surface area contributed by atoms with E-state index in [0.717, 1.165) is 10.4 Å². The van der Waals surface area contributed by atoms with Gasteiger partial charge in [-0.25, -0.2) is 4.98 Å². The van der Waals surface area contributed by atoms with Crippen LogP contribution in [-0.4, -0.2) is 4.98 Å². The van der Waals surface area contributed by atoms with Crippen molar-refractivity contribution >= 4 is 22.3 Å². The Hall–Kier alpha value is -1.55. The molecule has 0 aliphatic rings. The number of thiazole rings is 1. The lowest BCUT2D eigenvalue weighted by atomic mass is 9.99. The van der Waals surface area contributed by atoms with Gasteiger partial charge >= 0.3 is 0 Å². The fourth-order valence-corrected chi connectivity index (χ4v) is 2.99. The number of anilines is 2. The monoisotopic (exact) mass is 233 g/mol. The van der Waals surface area contributed by atoms with Crippen molar-refractivity contribution in [2.45, 2.75) is 20.8 Å². The SMILES string of the molecule is Cc1cc(C)c(-c2sc(N)nc2N)c(C)c1. The maximum Gasteiger partial charge on any atom is 0.182 e. The largest absolute Gasteiger partial charge is 0.382 e. The molecular formula is C12H15N3S. The third-order valence-corrected chi connectivity index (χ3v) is 3.49. The van der Waals surface area contributed by atoms with Crippen LogP contribution in [0, 0.1) is 20.8 Å². The Morgan fingerprint density at radius 2 is 1.62 bits per heavy atom. The summed E-state index contributed by atoms with van der Waals surface area (Å²) in [6.07, 6.45) is 0. The van der Waals surface area contributed by atoms with Gasteiger partial charge in [0.25, 0.3) is 0 Å². The first-order valence-corrected chi connectivity index (χ1v) is 5.90. The Morgan fingerprint density at radius 1 is 1.06 bits per heavy atom. The van der Waals surface area contributed by atoms with Gasteiger partial charge in [0.05, 0.1) is 4.88 Å². The molecule has 3 nitrogen and oxygen atoms in total. The van der Waals surface area contributed by atoms with Crippen molar-refractivity contribution < 1.29 is 0 Å². The summed E-state index contributed by atoms with van der Waals surface area (Å²) in [6, 6.07) is 4.30. The highest BCUT2D eigenvalue weighted by molar-refractivity contribution is 7.19. The second-order valence-corrected chi connectivity index (χ2v) is 5.07. The molecule has 0 fully saturated rings. The van der Waals surface area contributed by atoms with E-state index in [2.05, 4.69) is 37.9 Å². The molecule has 1 aromatic carbocycles. The third-order valence-electron chi connectivity index (χ3n) is 2.57. The Morgan fingerprint density at radius 3 is 2.06 bits per heavy atom. The minimum atomic E-state index is 0.520. The Kier molecular flexibility index (Phi) is 2.59. The number of hydrogen-bond donors (Lipinski definition) is 2. The van der Waals surface area contributed by atoms with E-state index in [1.807, 2.05) is 0 Å². The van der Waals surface area contributed by atoms with Gasteiger partial charge in [-0.2, -0.15) is 0 Å². The molecule has 0 aliphatic carbocycles. The zero-order chi connectivity index (χ0) is 11.9. The molecule has 0 spiro atoms. The molecular weight excluding hydrogens is 218 g/mol. The Bertz CT molecular complexity index is 520. The summed E-state index contributed by atoms with van der Waals surface area (Å²) in [5.41, 5.74) is 16.4. The van der Waals surface area contributed by atoms with Gasteiger partial charge in [0, 0.05) is 5.56 Å². The fraction of sp³-hybridized carbons (Fsp3) is 0.250. The van der Waals surface area contributed by atoms with Crippen LogP contribution in [0.3, 0.4) is 0 Å². The number of aromatic nitrogens is 1. The van der Waals surface area contributed by atoms with Crippen LogP contribution in [0.25, 0.3) is 10.4 Å². The minimum Gasteiger partial charge on any atom is -0.382 e. The quantitative estimate of drug-likeness (QED) is 0.796. The van der Waals surface area contributed by atoms with Crippen LogP contribution in [0.15, 0.2) is 12.1 Å². The maximum absolute atomic E-state index is 5.87. The van der Waals surface area contributed by atoms with Crippen LogP contribution in [-0.2, 0) is 0 Å². The summed E-state index contributed by atoms with van der Waals surface area (Å²) in [5.74, 6) is 0.526. The van der Waals surface area contributed by atoms with Crippen molar-refractivity contribution in [1.29, 1.82) is 0 Å². The molecule has 0 aliphatic heterocycles. The van der Waals surface area contributed by atoms with Gasteiger partial charge in [-0.05, 0) is 31.9 Å². The molecule has 0 radical (unpaired) electrons. The average Bonchev–Trinajstić information content (AvgIpc) is 2.43. The van der Waals surface area contributed by atoms with Crippen molar-refractivity contribution in [1.82, 2.24) is 4.98 Å². The molecule has 0 amide bonds. The first-order chi connectivity index (χ1) is 7.49. The highest BCUT2D eigenvalue weighted by Crippen LogP contribution is 2.37. The molecule has 16 heavy (non-hydrogen) atoms. The molecule has 2 aromatic rings. The first-order valence-electron chi connectivity index (χ1n) is 5.09. The normalized spacial score (nSPS) is 10.7. The molecule has 0 saturated heterocycles. The molecule has 0 saturated carbocycles. The van der Waals surface area contributed by atoms with E-state index in [4.69, 9.17) is 11.5 Å². The van der Waals surface area contributed by atoms with Crippen LogP contribution < -0.4 is 11.5 Å². The summed E-state index contributed by atoms with van der Waals surface area (Å²) in [6.45, 7) is 6.27. The third kappa shape index (κ3) is 1.76. The van der Waals surface area contributed by atoms with Gasteiger partial charge < -0.3 is 11.5 Å². The summed E-state index contributed by atoms with van der Waals surface area (Å²) in [7, 11) is 0.